The summed E-state index contributed by atoms with van der Waals surface area (Å²) >= 11 is -2.89. The highest BCUT2D eigenvalue weighted by molar-refractivity contribution is 7.90. The molecule has 0 aliphatic heterocycles. The summed E-state index contributed by atoms with van der Waals surface area (Å²) in [4.78, 5) is -0.403. The predicted molar refractivity (Wildman–Crippen MR) is 137 cm³/mol. The van der Waals surface area contributed by atoms with E-state index in [0.29, 0.717) is 17.1 Å². The fraction of sp³-hybridized carbons (Fsp3) is 0.0833. The van der Waals surface area contributed by atoms with E-state index in [1.165, 1.54) is 12.1 Å². The van der Waals surface area contributed by atoms with Gasteiger partial charge in [-0.25, -0.2) is 8.42 Å². The van der Waals surface area contributed by atoms with Gasteiger partial charge in [-0.05, 0) is 53.5 Å². The molecule has 0 saturated heterocycles. The van der Waals surface area contributed by atoms with Crippen molar-refractivity contribution >= 4 is 60.1 Å². The van der Waals surface area contributed by atoms with E-state index in [-0.39, 0.29) is 28.0 Å². The number of anilines is 1. The van der Waals surface area contributed by atoms with Gasteiger partial charge in [-0.3, -0.25) is 4.21 Å². The molecule has 0 fully saturated rings. The molecule has 0 aromatic heterocycles. The average Bonchev–Trinajstić information content (AvgIpc) is 2.86. The molecule has 0 radical (unpaired) electrons. The van der Waals surface area contributed by atoms with Crippen LogP contribution in [0.5, 0.6) is 5.75 Å². The molecule has 0 bridgehead atoms. The van der Waals surface area contributed by atoms with Crippen molar-refractivity contribution in [2.45, 2.75) is 4.90 Å². The van der Waals surface area contributed by atoms with Gasteiger partial charge in [0.25, 0.3) is 0 Å². The molecule has 12 heteroatoms. The quantitative estimate of drug-likeness (QED) is 0.213. The number of benzene rings is 4. The van der Waals surface area contributed by atoms with Crippen LogP contribution in [-0.4, -0.2) is 34.4 Å². The van der Waals surface area contributed by atoms with E-state index in [1.807, 2.05) is 0 Å². The molecule has 2 N–H and O–H groups in total. The summed E-state index contributed by atoms with van der Waals surface area (Å²) in [5.41, 5.74) is 0.931. The van der Waals surface area contributed by atoms with Crippen LogP contribution in [0.2, 0.25) is 0 Å². The highest BCUT2D eigenvalue weighted by Gasteiger charge is 2.21. The number of nitrogens with zero attached hydrogens (tertiary/aromatic N) is 4. The highest BCUT2D eigenvalue weighted by Crippen LogP contribution is 2.48. The molecule has 0 amide bonds. The number of fused-ring (bicyclic) bond motifs is 1. The predicted octanol–water partition coefficient (Wildman–Crippen LogP) is 6.03. The van der Waals surface area contributed by atoms with Crippen LogP contribution in [0, 0.1) is 0 Å². The zero-order valence-electron chi connectivity index (χ0n) is 18.9. The number of hydrogen-bond acceptors (Lipinski definition) is 10. The van der Waals surface area contributed by atoms with Crippen LogP contribution in [0.4, 0.5) is 28.4 Å². The number of phenolic OH excluding ortho intramolecular Hbond substituents is 1. The molecule has 36 heavy (non-hydrogen) atoms. The van der Waals surface area contributed by atoms with Crippen molar-refractivity contribution in [2.24, 2.45) is 20.5 Å². The van der Waals surface area contributed by atoms with Crippen molar-refractivity contribution in [1.29, 1.82) is 0 Å². The van der Waals surface area contributed by atoms with Gasteiger partial charge in [0.1, 0.15) is 17.3 Å². The Morgan fingerprint density at radius 2 is 1.39 bits per heavy atom. The summed E-state index contributed by atoms with van der Waals surface area (Å²) < 4.78 is 48.0. The Kier molecular flexibility index (Phi) is 7.48. The van der Waals surface area contributed by atoms with Crippen LogP contribution >= 0.6 is 0 Å². The Morgan fingerprint density at radius 3 is 1.92 bits per heavy atom. The van der Waals surface area contributed by atoms with E-state index in [2.05, 4.69) is 25.8 Å². The molecule has 0 spiro atoms. The molecule has 4 aromatic carbocycles. The van der Waals surface area contributed by atoms with Crippen LogP contribution in [0.1, 0.15) is 0 Å². The Morgan fingerprint density at radius 1 is 0.833 bits per heavy atom. The van der Waals surface area contributed by atoms with Crippen LogP contribution in [0.3, 0.4) is 0 Å². The van der Waals surface area contributed by atoms with Crippen molar-refractivity contribution < 1.29 is 22.3 Å². The Bertz CT molecular complexity index is 1590. The van der Waals surface area contributed by atoms with Gasteiger partial charge < -0.3 is 15.0 Å². The van der Waals surface area contributed by atoms with E-state index in [1.54, 1.807) is 66.7 Å². The highest BCUT2D eigenvalue weighted by atomic mass is 32.2. The molecule has 0 heterocycles. The third-order valence-corrected chi connectivity index (χ3v) is 6.32. The lowest BCUT2D eigenvalue weighted by Crippen LogP contribution is -2.12. The summed E-state index contributed by atoms with van der Waals surface area (Å²) in [7, 11) is -3.33. The maximum absolute atomic E-state index is 12.4. The topological polar surface area (TPSA) is 156 Å². The molecule has 0 aliphatic carbocycles. The van der Waals surface area contributed by atoms with E-state index in [0.717, 1.165) is 6.26 Å². The largest absolute Gasteiger partial charge is 0.768 e. The molecule has 4 aromatic rings. The van der Waals surface area contributed by atoms with Crippen LogP contribution in [0.25, 0.3) is 10.8 Å². The lowest BCUT2D eigenvalue weighted by molar-refractivity contribution is 0.480. The fourth-order valence-electron chi connectivity index (χ4n) is 3.30. The van der Waals surface area contributed by atoms with Gasteiger partial charge in [0, 0.05) is 22.7 Å². The first-order chi connectivity index (χ1) is 17.2. The van der Waals surface area contributed by atoms with Crippen LogP contribution in [-0.2, 0) is 20.9 Å². The maximum atomic E-state index is 12.4. The van der Waals surface area contributed by atoms with Gasteiger partial charge in [0.15, 0.2) is 15.6 Å². The van der Waals surface area contributed by atoms with Crippen molar-refractivity contribution in [3.8, 4) is 5.75 Å². The summed E-state index contributed by atoms with van der Waals surface area (Å²) in [6, 6.07) is 21.9. The second-order valence-corrected chi connectivity index (χ2v) is 10.7. The number of azo groups is 2. The molecule has 0 saturated carbocycles. The Balaban J connectivity index is 1.96. The first-order valence-corrected chi connectivity index (χ1v) is 13.6. The molecule has 1 unspecified atom stereocenters. The number of nitrogens with one attached hydrogen (secondary N) is 1. The summed E-state index contributed by atoms with van der Waals surface area (Å²) in [6.45, 7) is 0. The number of sulfone groups is 1. The van der Waals surface area contributed by atoms with Gasteiger partial charge in [0.2, 0.25) is 0 Å². The van der Waals surface area contributed by atoms with E-state index in [9.17, 15) is 22.3 Å². The van der Waals surface area contributed by atoms with E-state index >= 15 is 0 Å². The normalized spacial score (nSPS) is 12.9. The van der Waals surface area contributed by atoms with Gasteiger partial charge in [-0.2, -0.15) is 10.2 Å². The average molecular weight is 523 g/mol. The van der Waals surface area contributed by atoms with Crippen LogP contribution in [0.15, 0.2) is 104 Å². The standard InChI is InChI=1S/C24H21N5O5S2/c1-36(33,34)15-25-18-12-13-19-20(14-18)21(28-26-16-8-4-2-5-9-16)24(35(31)32)22(23(19)30)29-27-17-10-6-3-7-11-17/h2-14,25,30H,15H2,1H3,(H,31,32)/p-1. The van der Waals surface area contributed by atoms with Crippen molar-refractivity contribution in [2.75, 3.05) is 17.4 Å². The van der Waals surface area contributed by atoms with Gasteiger partial charge >= 0.3 is 0 Å². The minimum Gasteiger partial charge on any atom is -0.768 e. The summed E-state index contributed by atoms with van der Waals surface area (Å²) in [6.07, 6.45) is 1.08. The smallest absolute Gasteiger partial charge is 0.165 e. The van der Waals surface area contributed by atoms with Gasteiger partial charge in [-0.1, -0.05) is 36.4 Å². The monoisotopic (exact) mass is 522 g/mol. The number of phenols is 1. The zero-order chi connectivity index (χ0) is 25.7. The first kappa shape index (κ1) is 25.1. The maximum Gasteiger partial charge on any atom is 0.165 e. The summed E-state index contributed by atoms with van der Waals surface area (Å²) in [5, 5.41) is 30.7. The van der Waals surface area contributed by atoms with E-state index < -0.39 is 31.6 Å². The van der Waals surface area contributed by atoms with Crippen molar-refractivity contribution in [1.82, 2.24) is 0 Å². The van der Waals surface area contributed by atoms with Gasteiger partial charge in [-0.15, -0.1) is 10.2 Å². The third-order valence-electron chi connectivity index (χ3n) is 4.93. The number of rotatable bonds is 8. The number of hydrogen-bond donors (Lipinski definition) is 2. The lowest BCUT2D eigenvalue weighted by atomic mass is 10.1. The van der Waals surface area contributed by atoms with Crippen LogP contribution < -0.4 is 5.32 Å². The molecular weight excluding hydrogens is 502 g/mol. The first-order valence-electron chi connectivity index (χ1n) is 10.5. The second kappa shape index (κ2) is 10.7. The Hall–Kier alpha value is -4.00. The van der Waals surface area contributed by atoms with Crippen molar-refractivity contribution in [3.63, 3.8) is 0 Å². The lowest BCUT2D eigenvalue weighted by Gasteiger charge is -2.16. The Labute approximate surface area is 209 Å². The van der Waals surface area contributed by atoms with Gasteiger partial charge in [0.05, 0.1) is 16.3 Å². The second-order valence-electron chi connectivity index (χ2n) is 7.69. The molecule has 4 rings (SSSR count). The number of aromatic hydroxyl groups is 1. The molecule has 1 atom stereocenters. The fourth-order valence-corrected chi connectivity index (χ4v) is 4.33. The zero-order valence-corrected chi connectivity index (χ0v) is 20.5. The summed E-state index contributed by atoms with van der Waals surface area (Å²) in [5.74, 6) is -0.757. The molecule has 184 valence electrons. The van der Waals surface area contributed by atoms with Crippen molar-refractivity contribution in [3.05, 3.63) is 78.9 Å². The molecule has 0 aliphatic rings. The van der Waals surface area contributed by atoms with E-state index in [4.69, 9.17) is 0 Å². The molecule has 10 nitrogen and oxygen atoms in total. The SMILES string of the molecule is CS(=O)(=O)CNc1ccc2c(O)c(N=Nc3ccccc3)c(S(=O)[O-])c(N=Nc3ccccc3)c2c1. The minimum absolute atomic E-state index is 0.0787. The third kappa shape index (κ3) is 5.97. The minimum atomic E-state index is -3.33. The molecular formula is C24H20N5O5S2-.